The lowest BCUT2D eigenvalue weighted by Gasteiger charge is -2.18. The number of hydrogen-bond donors (Lipinski definition) is 2. The monoisotopic (exact) mass is 301 g/mol. The number of ether oxygens (including phenoxy) is 1. The van der Waals surface area contributed by atoms with E-state index in [2.05, 4.69) is 15.5 Å². The summed E-state index contributed by atoms with van der Waals surface area (Å²) in [5, 5.41) is 10.4. The summed E-state index contributed by atoms with van der Waals surface area (Å²) in [5.41, 5.74) is 2.83. The Morgan fingerprint density at radius 2 is 2.09 bits per heavy atom. The molecule has 1 heterocycles. The second-order valence-electron chi connectivity index (χ2n) is 6.22. The van der Waals surface area contributed by atoms with Crippen LogP contribution in [-0.2, 0) is 11.2 Å². The predicted octanol–water partition coefficient (Wildman–Crippen LogP) is 3.63. The van der Waals surface area contributed by atoms with Gasteiger partial charge < -0.3 is 10.1 Å². The molecule has 0 atom stereocenters. The fourth-order valence-electron chi connectivity index (χ4n) is 2.05. The first kappa shape index (κ1) is 16.1. The first-order valence-electron chi connectivity index (χ1n) is 7.40. The molecule has 0 saturated heterocycles. The SMILES string of the molecule is CCc1[nH]nc(-c2cccc(OC)c2)c1NC(=O)C(C)(C)C. The van der Waals surface area contributed by atoms with E-state index in [9.17, 15) is 4.79 Å². The van der Waals surface area contributed by atoms with Crippen LogP contribution in [0.25, 0.3) is 11.3 Å². The van der Waals surface area contributed by atoms with Crippen LogP contribution >= 0.6 is 0 Å². The van der Waals surface area contributed by atoms with Crippen LogP contribution in [0.1, 0.15) is 33.4 Å². The molecule has 0 spiro atoms. The van der Waals surface area contributed by atoms with E-state index in [1.54, 1.807) is 7.11 Å². The maximum absolute atomic E-state index is 12.3. The van der Waals surface area contributed by atoms with E-state index < -0.39 is 5.41 Å². The molecule has 0 aliphatic rings. The molecule has 2 rings (SSSR count). The van der Waals surface area contributed by atoms with Crippen molar-refractivity contribution in [3.05, 3.63) is 30.0 Å². The minimum Gasteiger partial charge on any atom is -0.497 e. The Kier molecular flexibility index (Phi) is 4.54. The van der Waals surface area contributed by atoms with E-state index in [0.717, 1.165) is 34.8 Å². The zero-order chi connectivity index (χ0) is 16.3. The summed E-state index contributed by atoms with van der Waals surface area (Å²) in [7, 11) is 1.63. The predicted molar refractivity (Wildman–Crippen MR) is 88.0 cm³/mol. The van der Waals surface area contributed by atoms with Crippen LogP contribution in [0.2, 0.25) is 0 Å². The van der Waals surface area contributed by atoms with E-state index in [4.69, 9.17) is 4.74 Å². The third-order valence-corrected chi connectivity index (χ3v) is 3.46. The maximum Gasteiger partial charge on any atom is 0.229 e. The van der Waals surface area contributed by atoms with Crippen molar-refractivity contribution in [2.75, 3.05) is 12.4 Å². The average molecular weight is 301 g/mol. The molecule has 5 heteroatoms. The highest BCUT2D eigenvalue weighted by molar-refractivity contribution is 5.98. The topological polar surface area (TPSA) is 67.0 Å². The molecule has 5 nitrogen and oxygen atoms in total. The molecular formula is C17H23N3O2. The zero-order valence-electron chi connectivity index (χ0n) is 13.8. The molecule has 22 heavy (non-hydrogen) atoms. The molecule has 0 saturated carbocycles. The summed E-state index contributed by atoms with van der Waals surface area (Å²) >= 11 is 0. The molecule has 0 bridgehead atoms. The van der Waals surface area contributed by atoms with Gasteiger partial charge in [0, 0.05) is 11.0 Å². The fourth-order valence-corrected chi connectivity index (χ4v) is 2.05. The van der Waals surface area contributed by atoms with Crippen molar-refractivity contribution < 1.29 is 9.53 Å². The maximum atomic E-state index is 12.3. The Morgan fingerprint density at radius 1 is 1.36 bits per heavy atom. The first-order chi connectivity index (χ1) is 10.4. The van der Waals surface area contributed by atoms with Gasteiger partial charge in [-0.3, -0.25) is 9.89 Å². The average Bonchev–Trinajstić information content (AvgIpc) is 2.89. The van der Waals surface area contributed by atoms with Gasteiger partial charge >= 0.3 is 0 Å². The lowest BCUT2D eigenvalue weighted by atomic mass is 9.95. The largest absolute Gasteiger partial charge is 0.497 e. The summed E-state index contributed by atoms with van der Waals surface area (Å²) in [5.74, 6) is 0.722. The van der Waals surface area contributed by atoms with Crippen LogP contribution in [0, 0.1) is 5.41 Å². The number of aromatic nitrogens is 2. The molecule has 0 radical (unpaired) electrons. The van der Waals surface area contributed by atoms with Crippen molar-refractivity contribution in [1.82, 2.24) is 10.2 Å². The summed E-state index contributed by atoms with van der Waals surface area (Å²) in [6, 6.07) is 7.64. The molecule has 1 amide bonds. The van der Waals surface area contributed by atoms with Gasteiger partial charge in [-0.1, -0.05) is 39.8 Å². The number of carbonyl (C=O) groups is 1. The second-order valence-corrected chi connectivity index (χ2v) is 6.22. The molecule has 1 aromatic carbocycles. The van der Waals surface area contributed by atoms with Crippen molar-refractivity contribution in [2.24, 2.45) is 5.41 Å². The minimum absolute atomic E-state index is 0.0345. The van der Waals surface area contributed by atoms with Gasteiger partial charge in [0.15, 0.2) is 0 Å². The number of carbonyl (C=O) groups excluding carboxylic acids is 1. The Balaban J connectivity index is 2.44. The molecule has 0 aliphatic carbocycles. The molecule has 1 aromatic heterocycles. The number of aromatic amines is 1. The molecule has 0 aliphatic heterocycles. The van der Waals surface area contributed by atoms with Gasteiger partial charge in [0.25, 0.3) is 0 Å². The van der Waals surface area contributed by atoms with Gasteiger partial charge in [-0.15, -0.1) is 0 Å². The highest BCUT2D eigenvalue weighted by Crippen LogP contribution is 2.32. The molecule has 118 valence electrons. The molecule has 2 aromatic rings. The van der Waals surface area contributed by atoms with Gasteiger partial charge in [-0.05, 0) is 18.6 Å². The summed E-state index contributed by atoms with van der Waals surface area (Å²) < 4.78 is 5.26. The fraction of sp³-hybridized carbons (Fsp3) is 0.412. The normalized spacial score (nSPS) is 11.3. The van der Waals surface area contributed by atoms with Crippen molar-refractivity contribution >= 4 is 11.6 Å². The molecular weight excluding hydrogens is 278 g/mol. The summed E-state index contributed by atoms with van der Waals surface area (Å²) in [6.45, 7) is 7.69. The number of benzene rings is 1. The summed E-state index contributed by atoms with van der Waals surface area (Å²) in [6.07, 6.45) is 0.761. The number of hydrogen-bond acceptors (Lipinski definition) is 3. The van der Waals surface area contributed by atoms with E-state index >= 15 is 0 Å². The van der Waals surface area contributed by atoms with Gasteiger partial charge in [-0.2, -0.15) is 5.10 Å². The van der Waals surface area contributed by atoms with E-state index in [1.807, 2.05) is 52.0 Å². The van der Waals surface area contributed by atoms with Crippen molar-refractivity contribution in [1.29, 1.82) is 0 Å². The Labute approximate surface area is 131 Å². The second kappa shape index (κ2) is 6.22. The third-order valence-electron chi connectivity index (χ3n) is 3.46. The van der Waals surface area contributed by atoms with Crippen molar-refractivity contribution in [2.45, 2.75) is 34.1 Å². The van der Waals surface area contributed by atoms with Crippen LogP contribution < -0.4 is 10.1 Å². The van der Waals surface area contributed by atoms with Crippen LogP contribution in [0.3, 0.4) is 0 Å². The van der Waals surface area contributed by atoms with Crippen LogP contribution in [0.15, 0.2) is 24.3 Å². The quantitative estimate of drug-likeness (QED) is 0.906. The number of nitrogens with zero attached hydrogens (tertiary/aromatic N) is 1. The van der Waals surface area contributed by atoms with Crippen LogP contribution in [0.5, 0.6) is 5.75 Å². The number of rotatable bonds is 4. The van der Waals surface area contributed by atoms with E-state index in [1.165, 1.54) is 0 Å². The van der Waals surface area contributed by atoms with Gasteiger partial charge in [0.1, 0.15) is 11.4 Å². The number of nitrogens with one attached hydrogen (secondary N) is 2. The summed E-state index contributed by atoms with van der Waals surface area (Å²) in [4.78, 5) is 12.3. The number of amides is 1. The van der Waals surface area contributed by atoms with E-state index in [0.29, 0.717) is 0 Å². The van der Waals surface area contributed by atoms with Gasteiger partial charge in [0.2, 0.25) is 5.91 Å². The highest BCUT2D eigenvalue weighted by Gasteiger charge is 2.24. The minimum atomic E-state index is -0.464. The first-order valence-corrected chi connectivity index (χ1v) is 7.40. The molecule has 2 N–H and O–H groups in total. The lowest BCUT2D eigenvalue weighted by Crippen LogP contribution is -2.28. The standard InChI is InChI=1S/C17H23N3O2/c1-6-13-15(18-16(21)17(2,3)4)14(20-19-13)11-8-7-9-12(10-11)22-5/h7-10H,6H2,1-5H3,(H,18,21)(H,19,20). The Bertz CT molecular complexity index is 669. The van der Waals surface area contributed by atoms with Gasteiger partial charge in [0.05, 0.1) is 18.5 Å². The van der Waals surface area contributed by atoms with Crippen LogP contribution in [0.4, 0.5) is 5.69 Å². The highest BCUT2D eigenvalue weighted by atomic mass is 16.5. The number of H-pyrrole nitrogens is 1. The van der Waals surface area contributed by atoms with Crippen LogP contribution in [-0.4, -0.2) is 23.2 Å². The van der Waals surface area contributed by atoms with Gasteiger partial charge in [-0.25, -0.2) is 0 Å². The van der Waals surface area contributed by atoms with Crippen molar-refractivity contribution in [3.8, 4) is 17.0 Å². The Hall–Kier alpha value is -2.30. The number of aryl methyl sites for hydroxylation is 1. The zero-order valence-corrected chi connectivity index (χ0v) is 13.8. The molecule has 0 fully saturated rings. The smallest absolute Gasteiger partial charge is 0.229 e. The number of anilines is 1. The third kappa shape index (κ3) is 3.30. The van der Waals surface area contributed by atoms with E-state index in [-0.39, 0.29) is 5.91 Å². The lowest BCUT2D eigenvalue weighted by molar-refractivity contribution is -0.123. The van der Waals surface area contributed by atoms with Crippen molar-refractivity contribution in [3.63, 3.8) is 0 Å². The molecule has 0 unspecified atom stereocenters. The number of methoxy groups -OCH3 is 1. The Morgan fingerprint density at radius 3 is 2.68 bits per heavy atom.